The standard InChI is InChI=1S/C16H17BrN2OS/c1-11-3-2-8-19(10-11)16-18-15(20)14(21-16)9-12-4-6-13(17)7-5-12/h4-7,9,11H,2-3,8,10H2,1H3/b14-9+. The lowest BCUT2D eigenvalue weighted by atomic mass is 10.0. The Labute approximate surface area is 137 Å². The van der Waals surface area contributed by atoms with E-state index in [0.717, 1.165) is 28.3 Å². The highest BCUT2D eigenvalue weighted by atomic mass is 79.9. The van der Waals surface area contributed by atoms with Crippen molar-refractivity contribution in [2.45, 2.75) is 19.8 Å². The summed E-state index contributed by atoms with van der Waals surface area (Å²) in [5.74, 6) is 0.563. The second-order valence-electron chi connectivity index (χ2n) is 5.56. The highest BCUT2D eigenvalue weighted by Gasteiger charge is 2.28. The van der Waals surface area contributed by atoms with Gasteiger partial charge in [0.1, 0.15) is 0 Å². The molecule has 1 fully saturated rings. The Balaban J connectivity index is 1.73. The van der Waals surface area contributed by atoms with E-state index in [1.54, 1.807) is 0 Å². The van der Waals surface area contributed by atoms with Gasteiger partial charge in [-0.1, -0.05) is 35.0 Å². The largest absolute Gasteiger partial charge is 0.351 e. The molecule has 3 rings (SSSR count). The van der Waals surface area contributed by atoms with Crippen molar-refractivity contribution in [3.05, 3.63) is 39.2 Å². The van der Waals surface area contributed by atoms with Crippen LogP contribution in [0.15, 0.2) is 38.6 Å². The van der Waals surface area contributed by atoms with Crippen molar-refractivity contribution in [1.29, 1.82) is 0 Å². The number of amidine groups is 1. The van der Waals surface area contributed by atoms with Gasteiger partial charge in [-0.05, 0) is 54.3 Å². The van der Waals surface area contributed by atoms with Crippen LogP contribution in [0.1, 0.15) is 25.3 Å². The molecule has 0 bridgehead atoms. The van der Waals surface area contributed by atoms with Crippen LogP contribution in [0.2, 0.25) is 0 Å². The number of likely N-dealkylation sites (tertiary alicyclic amines) is 1. The molecule has 1 atom stereocenters. The molecule has 1 unspecified atom stereocenters. The molecule has 0 saturated carbocycles. The molecular weight excluding hydrogens is 348 g/mol. The maximum Gasteiger partial charge on any atom is 0.286 e. The van der Waals surface area contributed by atoms with Crippen LogP contribution in [0.4, 0.5) is 0 Å². The van der Waals surface area contributed by atoms with Gasteiger partial charge in [0.15, 0.2) is 5.17 Å². The monoisotopic (exact) mass is 364 g/mol. The predicted octanol–water partition coefficient (Wildman–Crippen LogP) is 4.15. The molecule has 0 aromatic heterocycles. The summed E-state index contributed by atoms with van der Waals surface area (Å²) in [6, 6.07) is 7.94. The fourth-order valence-corrected chi connectivity index (χ4v) is 3.82. The zero-order chi connectivity index (χ0) is 14.8. The van der Waals surface area contributed by atoms with E-state index < -0.39 is 0 Å². The summed E-state index contributed by atoms with van der Waals surface area (Å²) < 4.78 is 1.04. The second-order valence-corrected chi connectivity index (χ2v) is 7.48. The van der Waals surface area contributed by atoms with Crippen LogP contribution in [-0.4, -0.2) is 29.1 Å². The molecule has 2 heterocycles. The molecule has 3 nitrogen and oxygen atoms in total. The van der Waals surface area contributed by atoms with Gasteiger partial charge in [0, 0.05) is 17.6 Å². The number of piperidine rings is 1. The van der Waals surface area contributed by atoms with Gasteiger partial charge in [0.05, 0.1) is 4.91 Å². The number of hydrogen-bond donors (Lipinski definition) is 0. The van der Waals surface area contributed by atoms with Crippen LogP contribution in [-0.2, 0) is 4.79 Å². The van der Waals surface area contributed by atoms with Crippen molar-refractivity contribution in [1.82, 2.24) is 4.90 Å². The number of rotatable bonds is 1. The van der Waals surface area contributed by atoms with E-state index in [2.05, 4.69) is 32.7 Å². The van der Waals surface area contributed by atoms with Crippen molar-refractivity contribution in [2.24, 2.45) is 10.9 Å². The average Bonchev–Trinajstić information content (AvgIpc) is 2.83. The van der Waals surface area contributed by atoms with Gasteiger partial charge in [0.2, 0.25) is 0 Å². The molecule has 21 heavy (non-hydrogen) atoms. The van der Waals surface area contributed by atoms with Crippen LogP contribution in [0, 0.1) is 5.92 Å². The van der Waals surface area contributed by atoms with E-state index in [0.29, 0.717) is 10.8 Å². The Hall–Kier alpha value is -1.07. The first kappa shape index (κ1) is 14.9. The van der Waals surface area contributed by atoms with Crippen molar-refractivity contribution in [2.75, 3.05) is 13.1 Å². The summed E-state index contributed by atoms with van der Waals surface area (Å²) >= 11 is 4.92. The summed E-state index contributed by atoms with van der Waals surface area (Å²) in [5, 5.41) is 0.870. The molecule has 1 amide bonds. The summed E-state index contributed by atoms with van der Waals surface area (Å²) in [4.78, 5) is 19.3. The topological polar surface area (TPSA) is 32.7 Å². The third-order valence-corrected chi connectivity index (χ3v) is 5.28. The summed E-state index contributed by atoms with van der Waals surface area (Å²) in [7, 11) is 0. The normalized spacial score (nSPS) is 24.6. The predicted molar refractivity (Wildman–Crippen MR) is 92.1 cm³/mol. The molecule has 5 heteroatoms. The smallest absolute Gasteiger partial charge is 0.286 e. The fraction of sp³-hybridized carbons (Fsp3) is 0.375. The zero-order valence-electron chi connectivity index (χ0n) is 11.9. The van der Waals surface area contributed by atoms with Crippen LogP contribution < -0.4 is 0 Å². The molecule has 1 aromatic rings. The number of amides is 1. The van der Waals surface area contributed by atoms with E-state index in [4.69, 9.17) is 0 Å². The Morgan fingerprint density at radius 1 is 1.38 bits per heavy atom. The number of hydrogen-bond acceptors (Lipinski definition) is 3. The Kier molecular flexibility index (Phi) is 4.50. The summed E-state index contributed by atoms with van der Waals surface area (Å²) in [5.41, 5.74) is 1.03. The van der Waals surface area contributed by atoms with Gasteiger partial charge in [-0.2, -0.15) is 4.99 Å². The number of benzene rings is 1. The van der Waals surface area contributed by atoms with E-state index in [1.807, 2.05) is 30.3 Å². The molecule has 1 aromatic carbocycles. The lowest BCUT2D eigenvalue weighted by molar-refractivity contribution is -0.113. The van der Waals surface area contributed by atoms with Crippen LogP contribution in [0.3, 0.4) is 0 Å². The van der Waals surface area contributed by atoms with E-state index in [-0.39, 0.29) is 5.91 Å². The molecule has 0 spiro atoms. The quantitative estimate of drug-likeness (QED) is 0.701. The molecule has 2 aliphatic heterocycles. The molecule has 0 radical (unpaired) electrons. The van der Waals surface area contributed by atoms with Crippen molar-refractivity contribution in [3.63, 3.8) is 0 Å². The van der Waals surface area contributed by atoms with E-state index in [9.17, 15) is 4.79 Å². The van der Waals surface area contributed by atoms with Crippen LogP contribution in [0.5, 0.6) is 0 Å². The average molecular weight is 365 g/mol. The molecule has 1 saturated heterocycles. The minimum atomic E-state index is -0.115. The van der Waals surface area contributed by atoms with E-state index in [1.165, 1.54) is 24.6 Å². The number of carbonyl (C=O) groups is 1. The maximum absolute atomic E-state index is 12.1. The zero-order valence-corrected chi connectivity index (χ0v) is 14.3. The van der Waals surface area contributed by atoms with Crippen LogP contribution >= 0.6 is 27.7 Å². The third-order valence-electron chi connectivity index (χ3n) is 3.70. The number of carbonyl (C=O) groups excluding carboxylic acids is 1. The van der Waals surface area contributed by atoms with Gasteiger partial charge in [-0.3, -0.25) is 4.79 Å². The first-order valence-corrected chi connectivity index (χ1v) is 8.76. The summed E-state index contributed by atoms with van der Waals surface area (Å²) in [6.07, 6.45) is 4.37. The fourth-order valence-electron chi connectivity index (χ4n) is 2.61. The molecular formula is C16H17BrN2OS. The van der Waals surface area contributed by atoms with Gasteiger partial charge in [-0.15, -0.1) is 0 Å². The Morgan fingerprint density at radius 2 is 2.14 bits per heavy atom. The summed E-state index contributed by atoms with van der Waals surface area (Å²) in [6.45, 7) is 4.27. The second kappa shape index (κ2) is 6.36. The number of nitrogens with zero attached hydrogens (tertiary/aromatic N) is 2. The first-order chi connectivity index (χ1) is 10.1. The molecule has 110 valence electrons. The van der Waals surface area contributed by atoms with Crippen LogP contribution in [0.25, 0.3) is 6.08 Å². The van der Waals surface area contributed by atoms with Gasteiger partial charge >= 0.3 is 0 Å². The van der Waals surface area contributed by atoms with Crippen molar-refractivity contribution < 1.29 is 4.79 Å². The number of aliphatic imine (C=N–C) groups is 1. The highest BCUT2D eigenvalue weighted by Crippen LogP contribution is 2.32. The van der Waals surface area contributed by atoms with E-state index >= 15 is 0 Å². The minimum absolute atomic E-state index is 0.115. The van der Waals surface area contributed by atoms with Crippen molar-refractivity contribution >= 4 is 44.8 Å². The third kappa shape index (κ3) is 3.58. The minimum Gasteiger partial charge on any atom is -0.351 e. The maximum atomic E-state index is 12.1. The Morgan fingerprint density at radius 3 is 2.86 bits per heavy atom. The lowest BCUT2D eigenvalue weighted by Gasteiger charge is -2.31. The van der Waals surface area contributed by atoms with Gasteiger partial charge in [-0.25, -0.2) is 0 Å². The lowest BCUT2D eigenvalue weighted by Crippen LogP contribution is -2.37. The number of thioether (sulfide) groups is 1. The van der Waals surface area contributed by atoms with Crippen molar-refractivity contribution in [3.8, 4) is 0 Å². The molecule has 0 N–H and O–H groups in total. The first-order valence-electron chi connectivity index (χ1n) is 7.15. The molecule has 2 aliphatic rings. The molecule has 0 aliphatic carbocycles. The number of halogens is 1. The van der Waals surface area contributed by atoms with Gasteiger partial charge in [0.25, 0.3) is 5.91 Å². The SMILES string of the molecule is CC1CCCN(C2=NC(=O)/C(=C\c3ccc(Br)cc3)S2)C1. The Bertz CT molecular complexity index is 609. The van der Waals surface area contributed by atoms with Gasteiger partial charge < -0.3 is 4.90 Å². The highest BCUT2D eigenvalue weighted by molar-refractivity contribution is 9.10.